The molecule has 0 aliphatic rings. The number of hydrogen-bond acceptors (Lipinski definition) is 4. The van der Waals surface area contributed by atoms with E-state index < -0.39 is 0 Å². The summed E-state index contributed by atoms with van der Waals surface area (Å²) in [4.78, 5) is 4.57. The van der Waals surface area contributed by atoms with E-state index in [-0.39, 0.29) is 0 Å². The number of anilines is 1. The summed E-state index contributed by atoms with van der Waals surface area (Å²) >= 11 is 0. The second kappa shape index (κ2) is 8.51. The van der Waals surface area contributed by atoms with E-state index in [2.05, 4.69) is 22.4 Å². The van der Waals surface area contributed by atoms with E-state index in [1.807, 2.05) is 24.3 Å². The summed E-state index contributed by atoms with van der Waals surface area (Å²) in [7, 11) is 1.68. The van der Waals surface area contributed by atoms with Gasteiger partial charge in [0.05, 0.1) is 18.7 Å². The zero-order valence-electron chi connectivity index (χ0n) is 12.0. The molecule has 1 aromatic heterocycles. The first-order chi connectivity index (χ1) is 9.90. The fourth-order valence-electron chi connectivity index (χ4n) is 1.95. The van der Waals surface area contributed by atoms with Gasteiger partial charge in [0.2, 0.25) is 0 Å². The minimum Gasteiger partial charge on any atom is -0.382 e. The molecule has 0 radical (unpaired) electrons. The zero-order valence-corrected chi connectivity index (χ0v) is 12.0. The maximum atomic E-state index is 5.42. The molecule has 0 atom stereocenters. The van der Waals surface area contributed by atoms with Gasteiger partial charge in [-0.05, 0) is 31.0 Å². The van der Waals surface area contributed by atoms with Gasteiger partial charge in [0.25, 0.3) is 0 Å². The van der Waals surface area contributed by atoms with Crippen molar-refractivity contribution in [2.24, 2.45) is 0 Å². The smallest absolute Gasteiger partial charge is 0.126 e. The average Bonchev–Trinajstić information content (AvgIpc) is 2.50. The van der Waals surface area contributed by atoms with Gasteiger partial charge in [0.15, 0.2) is 0 Å². The van der Waals surface area contributed by atoms with Gasteiger partial charge >= 0.3 is 0 Å². The second-order valence-electron chi connectivity index (χ2n) is 4.63. The number of aromatic nitrogens is 1. The molecule has 0 bridgehead atoms. The third kappa shape index (κ3) is 4.79. The van der Waals surface area contributed by atoms with Crippen LogP contribution in [0.15, 0.2) is 36.4 Å². The molecule has 1 aromatic carbocycles. The average molecular weight is 274 g/mol. The summed E-state index contributed by atoms with van der Waals surface area (Å²) in [6.45, 7) is 3.05. The van der Waals surface area contributed by atoms with E-state index in [9.17, 15) is 0 Å². The van der Waals surface area contributed by atoms with Gasteiger partial charge in [-0.25, -0.2) is 4.98 Å². The summed E-state index contributed by atoms with van der Waals surface area (Å²) in [6.07, 6.45) is 2.12. The third-order valence-corrected chi connectivity index (χ3v) is 3.05. The van der Waals surface area contributed by atoms with Crippen molar-refractivity contribution in [3.8, 4) is 0 Å². The standard InChI is InChI=1S/C16H22N2O2/c1-19-12-13-20-11-5-4-10-17-16-9-8-14-6-2-3-7-15(14)18-16/h2-3,6-9H,4-5,10-13H2,1H3,(H,17,18). The number of hydrogen-bond donors (Lipinski definition) is 1. The minimum absolute atomic E-state index is 0.666. The van der Waals surface area contributed by atoms with Crippen molar-refractivity contribution in [2.45, 2.75) is 12.8 Å². The van der Waals surface area contributed by atoms with Crippen LogP contribution in [0, 0.1) is 0 Å². The van der Waals surface area contributed by atoms with Crippen LogP contribution < -0.4 is 5.32 Å². The Kier molecular flexibility index (Phi) is 6.27. The molecule has 1 heterocycles. The number of nitrogens with one attached hydrogen (secondary N) is 1. The fourth-order valence-corrected chi connectivity index (χ4v) is 1.95. The largest absolute Gasteiger partial charge is 0.382 e. The van der Waals surface area contributed by atoms with Crippen LogP contribution in [0.2, 0.25) is 0 Å². The van der Waals surface area contributed by atoms with Crippen molar-refractivity contribution in [2.75, 3.05) is 38.8 Å². The van der Waals surface area contributed by atoms with Crippen LogP contribution in [-0.4, -0.2) is 38.5 Å². The Morgan fingerprint density at radius 2 is 1.90 bits per heavy atom. The van der Waals surface area contributed by atoms with Crippen LogP contribution in [0.5, 0.6) is 0 Å². The lowest BCUT2D eigenvalue weighted by molar-refractivity contribution is 0.0691. The molecule has 0 fully saturated rings. The van der Waals surface area contributed by atoms with Gasteiger partial charge in [-0.2, -0.15) is 0 Å². The molecule has 4 nitrogen and oxygen atoms in total. The Balaban J connectivity index is 1.65. The second-order valence-corrected chi connectivity index (χ2v) is 4.63. The number of benzene rings is 1. The van der Waals surface area contributed by atoms with Gasteiger partial charge in [-0.3, -0.25) is 0 Å². The van der Waals surface area contributed by atoms with Gasteiger partial charge in [0, 0.05) is 25.6 Å². The first kappa shape index (κ1) is 14.8. The molecule has 2 aromatic rings. The molecule has 4 heteroatoms. The predicted molar refractivity (Wildman–Crippen MR) is 82.2 cm³/mol. The maximum absolute atomic E-state index is 5.42. The number of para-hydroxylation sites is 1. The Morgan fingerprint density at radius 3 is 2.80 bits per heavy atom. The van der Waals surface area contributed by atoms with E-state index in [4.69, 9.17) is 9.47 Å². The monoisotopic (exact) mass is 274 g/mol. The number of ether oxygens (including phenoxy) is 2. The first-order valence-corrected chi connectivity index (χ1v) is 7.06. The molecule has 1 N–H and O–H groups in total. The molecule has 0 amide bonds. The van der Waals surface area contributed by atoms with Crippen LogP contribution >= 0.6 is 0 Å². The molecule has 108 valence electrons. The van der Waals surface area contributed by atoms with E-state index >= 15 is 0 Å². The quantitative estimate of drug-likeness (QED) is 0.714. The number of methoxy groups -OCH3 is 1. The van der Waals surface area contributed by atoms with Crippen LogP contribution in [0.25, 0.3) is 10.9 Å². The van der Waals surface area contributed by atoms with Gasteiger partial charge < -0.3 is 14.8 Å². The lowest BCUT2D eigenvalue weighted by Gasteiger charge is -2.07. The number of nitrogens with zero attached hydrogens (tertiary/aromatic N) is 1. The lowest BCUT2D eigenvalue weighted by Crippen LogP contribution is -2.06. The molecule has 0 spiro atoms. The van der Waals surface area contributed by atoms with Crippen LogP contribution in [0.4, 0.5) is 5.82 Å². The molecular formula is C16H22N2O2. The normalized spacial score (nSPS) is 10.8. The summed E-state index contributed by atoms with van der Waals surface area (Å²) < 4.78 is 10.3. The summed E-state index contributed by atoms with van der Waals surface area (Å²) in [5, 5.41) is 4.52. The highest BCUT2D eigenvalue weighted by Gasteiger charge is 1.97. The molecular weight excluding hydrogens is 252 g/mol. The fraction of sp³-hybridized carbons (Fsp3) is 0.438. The van der Waals surface area contributed by atoms with E-state index in [0.717, 1.165) is 37.3 Å². The molecule has 0 aliphatic carbocycles. The molecule has 0 saturated heterocycles. The van der Waals surface area contributed by atoms with Gasteiger partial charge in [-0.15, -0.1) is 0 Å². The molecule has 20 heavy (non-hydrogen) atoms. The van der Waals surface area contributed by atoms with E-state index in [1.165, 1.54) is 5.39 Å². The number of unbranched alkanes of at least 4 members (excludes halogenated alkanes) is 1. The first-order valence-electron chi connectivity index (χ1n) is 7.06. The summed E-state index contributed by atoms with van der Waals surface area (Å²) in [5.74, 6) is 0.934. The van der Waals surface area contributed by atoms with Crippen molar-refractivity contribution < 1.29 is 9.47 Å². The predicted octanol–water partition coefficient (Wildman–Crippen LogP) is 3.09. The van der Waals surface area contributed by atoms with Crippen molar-refractivity contribution in [1.29, 1.82) is 0 Å². The lowest BCUT2D eigenvalue weighted by atomic mass is 10.2. The highest BCUT2D eigenvalue weighted by molar-refractivity contribution is 5.79. The van der Waals surface area contributed by atoms with Crippen LogP contribution in [0.3, 0.4) is 0 Å². The van der Waals surface area contributed by atoms with E-state index in [0.29, 0.717) is 13.2 Å². The Morgan fingerprint density at radius 1 is 1.00 bits per heavy atom. The third-order valence-electron chi connectivity index (χ3n) is 3.05. The Bertz CT molecular complexity index is 517. The van der Waals surface area contributed by atoms with Gasteiger partial charge in [-0.1, -0.05) is 18.2 Å². The highest BCUT2D eigenvalue weighted by Crippen LogP contribution is 2.14. The topological polar surface area (TPSA) is 43.4 Å². The van der Waals surface area contributed by atoms with Crippen molar-refractivity contribution in [3.63, 3.8) is 0 Å². The summed E-state index contributed by atoms with van der Waals surface area (Å²) in [6, 6.07) is 12.3. The molecule has 2 rings (SSSR count). The van der Waals surface area contributed by atoms with Crippen LogP contribution in [0.1, 0.15) is 12.8 Å². The van der Waals surface area contributed by atoms with Crippen LogP contribution in [-0.2, 0) is 9.47 Å². The highest BCUT2D eigenvalue weighted by atomic mass is 16.5. The maximum Gasteiger partial charge on any atom is 0.126 e. The number of pyridine rings is 1. The minimum atomic E-state index is 0.666. The van der Waals surface area contributed by atoms with E-state index in [1.54, 1.807) is 7.11 Å². The summed E-state index contributed by atoms with van der Waals surface area (Å²) in [5.41, 5.74) is 1.03. The number of fused-ring (bicyclic) bond motifs is 1. The SMILES string of the molecule is COCCOCCCCNc1ccc2ccccc2n1. The van der Waals surface area contributed by atoms with Crippen molar-refractivity contribution >= 4 is 16.7 Å². The Labute approximate surface area is 120 Å². The Hall–Kier alpha value is -1.65. The van der Waals surface area contributed by atoms with Crippen molar-refractivity contribution in [3.05, 3.63) is 36.4 Å². The zero-order chi connectivity index (χ0) is 14.0. The van der Waals surface area contributed by atoms with Gasteiger partial charge in [0.1, 0.15) is 5.82 Å². The molecule has 0 saturated carbocycles. The number of rotatable bonds is 9. The van der Waals surface area contributed by atoms with Crippen molar-refractivity contribution in [1.82, 2.24) is 4.98 Å². The molecule has 0 aliphatic heterocycles. The molecule has 0 unspecified atom stereocenters.